The van der Waals surface area contributed by atoms with Gasteiger partial charge in [-0.15, -0.1) is 0 Å². The van der Waals surface area contributed by atoms with Gasteiger partial charge in [0.25, 0.3) is 0 Å². The van der Waals surface area contributed by atoms with Gasteiger partial charge in [0.05, 0.1) is 6.26 Å². The third-order valence-corrected chi connectivity index (χ3v) is 2.33. The molecule has 0 aliphatic carbocycles. The normalized spacial score (nSPS) is 10.5. The van der Waals surface area contributed by atoms with E-state index in [0.29, 0.717) is 6.54 Å². The minimum absolute atomic E-state index is 0.631. The van der Waals surface area contributed by atoms with Gasteiger partial charge in [0, 0.05) is 17.5 Å². The van der Waals surface area contributed by atoms with E-state index in [1.54, 1.807) is 6.26 Å². The molecule has 78 valence electrons. The molecule has 0 fully saturated rings. The molecular formula is C12H14N2O. The van der Waals surface area contributed by atoms with Gasteiger partial charge in [-0.1, -0.05) is 0 Å². The molecule has 2 N–H and O–H groups in total. The molecule has 0 spiro atoms. The first-order valence-electron chi connectivity index (χ1n) is 5.00. The molecule has 0 saturated heterocycles. The molecule has 2 rings (SSSR count). The van der Waals surface area contributed by atoms with Gasteiger partial charge >= 0.3 is 0 Å². The zero-order chi connectivity index (χ0) is 10.7. The molecule has 3 nitrogen and oxygen atoms in total. The van der Waals surface area contributed by atoms with E-state index in [0.717, 1.165) is 29.0 Å². The number of furan rings is 1. The highest BCUT2D eigenvalue weighted by atomic mass is 16.3. The molecule has 2 aromatic heterocycles. The van der Waals surface area contributed by atoms with Crippen LogP contribution in [0.15, 0.2) is 35.1 Å². The Morgan fingerprint density at radius 3 is 2.87 bits per heavy atom. The van der Waals surface area contributed by atoms with E-state index in [1.165, 1.54) is 0 Å². The van der Waals surface area contributed by atoms with Gasteiger partial charge in [-0.05, 0) is 43.7 Å². The Morgan fingerprint density at radius 2 is 2.20 bits per heavy atom. The number of aromatic nitrogens is 1. The lowest BCUT2D eigenvalue weighted by molar-refractivity contribution is 0.579. The fourth-order valence-corrected chi connectivity index (χ4v) is 1.54. The van der Waals surface area contributed by atoms with E-state index in [-0.39, 0.29) is 0 Å². The van der Waals surface area contributed by atoms with Crippen LogP contribution in [0.3, 0.4) is 0 Å². The van der Waals surface area contributed by atoms with Crippen LogP contribution in [0.1, 0.15) is 11.3 Å². The van der Waals surface area contributed by atoms with Crippen molar-refractivity contribution in [3.63, 3.8) is 0 Å². The molecule has 0 saturated carbocycles. The Bertz CT molecular complexity index is 431. The number of hydrogen-bond donors (Lipinski definition) is 1. The summed E-state index contributed by atoms with van der Waals surface area (Å²) in [5.41, 5.74) is 8.69. The summed E-state index contributed by atoms with van der Waals surface area (Å²) < 4.78 is 5.45. The van der Waals surface area contributed by atoms with Gasteiger partial charge in [-0.25, -0.2) is 0 Å². The highest BCUT2D eigenvalue weighted by Gasteiger charge is 2.08. The topological polar surface area (TPSA) is 52.0 Å². The number of nitrogens with two attached hydrogens (primary N) is 1. The monoisotopic (exact) mass is 202 g/mol. The average Bonchev–Trinajstić information content (AvgIpc) is 2.68. The van der Waals surface area contributed by atoms with Crippen LogP contribution in [-0.2, 0) is 6.42 Å². The van der Waals surface area contributed by atoms with Crippen LogP contribution in [0.2, 0.25) is 0 Å². The summed E-state index contributed by atoms with van der Waals surface area (Å²) in [5.74, 6) is 0.882. The third-order valence-electron chi connectivity index (χ3n) is 2.33. The summed E-state index contributed by atoms with van der Waals surface area (Å²) in [6.07, 6.45) is 4.36. The Morgan fingerprint density at radius 1 is 1.33 bits per heavy atom. The molecule has 0 amide bonds. The summed E-state index contributed by atoms with van der Waals surface area (Å²) >= 11 is 0. The molecule has 3 heteroatoms. The molecule has 2 aromatic rings. The Labute approximate surface area is 88.9 Å². The van der Waals surface area contributed by atoms with E-state index in [2.05, 4.69) is 4.98 Å². The maximum atomic E-state index is 5.53. The van der Waals surface area contributed by atoms with Gasteiger partial charge < -0.3 is 10.2 Å². The molecule has 15 heavy (non-hydrogen) atoms. The van der Waals surface area contributed by atoms with Crippen molar-refractivity contribution in [2.45, 2.75) is 13.3 Å². The minimum atomic E-state index is 0.631. The zero-order valence-corrected chi connectivity index (χ0v) is 8.73. The van der Waals surface area contributed by atoms with Crippen LogP contribution < -0.4 is 5.73 Å². The molecule has 0 radical (unpaired) electrons. The van der Waals surface area contributed by atoms with Crippen molar-refractivity contribution in [3.8, 4) is 11.3 Å². The number of rotatable bonds is 3. The largest absolute Gasteiger partial charge is 0.464 e. The van der Waals surface area contributed by atoms with Crippen molar-refractivity contribution >= 4 is 0 Å². The van der Waals surface area contributed by atoms with Crippen LogP contribution in [0, 0.1) is 6.92 Å². The molecule has 0 atom stereocenters. The quantitative estimate of drug-likeness (QED) is 0.829. The lowest BCUT2D eigenvalue weighted by Gasteiger charge is -2.01. The predicted molar refractivity (Wildman–Crippen MR) is 59.4 cm³/mol. The molecule has 0 bridgehead atoms. The first-order chi connectivity index (χ1) is 7.31. The number of pyridine rings is 1. The molecule has 0 aliphatic rings. The average molecular weight is 202 g/mol. The third kappa shape index (κ3) is 2.07. The summed E-state index contributed by atoms with van der Waals surface area (Å²) in [4.78, 5) is 4.25. The van der Waals surface area contributed by atoms with Crippen LogP contribution >= 0.6 is 0 Å². The summed E-state index contributed by atoms with van der Waals surface area (Å²) in [6, 6.07) is 5.95. The molecule has 2 heterocycles. The van der Waals surface area contributed by atoms with Crippen molar-refractivity contribution in [1.82, 2.24) is 4.98 Å². The summed E-state index contributed by atoms with van der Waals surface area (Å²) in [7, 11) is 0. The molecule has 0 unspecified atom stereocenters. The van der Waals surface area contributed by atoms with E-state index < -0.39 is 0 Å². The van der Waals surface area contributed by atoms with Crippen LogP contribution in [0.25, 0.3) is 11.3 Å². The second-order valence-electron chi connectivity index (χ2n) is 3.50. The molecular weight excluding hydrogens is 188 g/mol. The van der Waals surface area contributed by atoms with Gasteiger partial charge in [-0.2, -0.15) is 0 Å². The Kier molecular flexibility index (Phi) is 2.83. The SMILES string of the molecule is Cc1ccc(-c2occc2CCN)cn1. The van der Waals surface area contributed by atoms with Crippen molar-refractivity contribution < 1.29 is 4.42 Å². The van der Waals surface area contributed by atoms with E-state index in [1.807, 2.05) is 31.3 Å². The van der Waals surface area contributed by atoms with Crippen LogP contribution in [-0.4, -0.2) is 11.5 Å². The van der Waals surface area contributed by atoms with Crippen molar-refractivity contribution in [2.75, 3.05) is 6.54 Å². The number of aryl methyl sites for hydroxylation is 1. The van der Waals surface area contributed by atoms with Gasteiger partial charge in [0.2, 0.25) is 0 Å². The fourth-order valence-electron chi connectivity index (χ4n) is 1.54. The maximum Gasteiger partial charge on any atom is 0.138 e. The first-order valence-corrected chi connectivity index (χ1v) is 5.00. The fraction of sp³-hybridized carbons (Fsp3) is 0.250. The number of hydrogen-bond acceptors (Lipinski definition) is 3. The minimum Gasteiger partial charge on any atom is -0.464 e. The second-order valence-corrected chi connectivity index (χ2v) is 3.50. The predicted octanol–water partition coefficient (Wildman–Crippen LogP) is 2.15. The molecule has 0 aromatic carbocycles. The van der Waals surface area contributed by atoms with Crippen LogP contribution in [0.5, 0.6) is 0 Å². The van der Waals surface area contributed by atoms with Gasteiger partial charge in [-0.3, -0.25) is 4.98 Å². The summed E-state index contributed by atoms with van der Waals surface area (Å²) in [5, 5.41) is 0. The van der Waals surface area contributed by atoms with Crippen molar-refractivity contribution in [3.05, 3.63) is 41.9 Å². The van der Waals surface area contributed by atoms with E-state index >= 15 is 0 Å². The maximum absolute atomic E-state index is 5.53. The Hall–Kier alpha value is -1.61. The highest BCUT2D eigenvalue weighted by molar-refractivity contribution is 5.60. The van der Waals surface area contributed by atoms with E-state index in [4.69, 9.17) is 10.2 Å². The highest BCUT2D eigenvalue weighted by Crippen LogP contribution is 2.24. The lowest BCUT2D eigenvalue weighted by atomic mass is 10.1. The first kappa shape index (κ1) is 9.93. The lowest BCUT2D eigenvalue weighted by Crippen LogP contribution is -2.02. The zero-order valence-electron chi connectivity index (χ0n) is 8.73. The number of nitrogens with zero attached hydrogens (tertiary/aromatic N) is 1. The van der Waals surface area contributed by atoms with Crippen molar-refractivity contribution in [2.24, 2.45) is 5.73 Å². The van der Waals surface area contributed by atoms with Gasteiger partial charge in [0.15, 0.2) is 0 Å². The van der Waals surface area contributed by atoms with Gasteiger partial charge in [0.1, 0.15) is 5.76 Å². The van der Waals surface area contributed by atoms with Crippen LogP contribution in [0.4, 0.5) is 0 Å². The summed E-state index contributed by atoms with van der Waals surface area (Å²) in [6.45, 7) is 2.60. The van der Waals surface area contributed by atoms with E-state index in [9.17, 15) is 0 Å². The molecule has 0 aliphatic heterocycles. The Balaban J connectivity index is 2.36. The van der Waals surface area contributed by atoms with Crippen molar-refractivity contribution in [1.29, 1.82) is 0 Å². The smallest absolute Gasteiger partial charge is 0.138 e. The second kappa shape index (κ2) is 4.28. The standard InChI is InChI=1S/C12H14N2O/c1-9-2-3-11(8-14-9)12-10(4-6-13)5-7-15-12/h2-3,5,7-8H,4,6,13H2,1H3.